The number of hydrogen-bond donors (Lipinski definition) is 3. The number of nitrogens with two attached hydrogens (primary N) is 1. The van der Waals surface area contributed by atoms with E-state index < -0.39 is 11.7 Å². The first-order chi connectivity index (χ1) is 8.56. The van der Waals surface area contributed by atoms with Crippen LogP contribution < -0.4 is 16.6 Å². The third kappa shape index (κ3) is 2.54. The van der Waals surface area contributed by atoms with Gasteiger partial charge in [-0.2, -0.15) is 0 Å². The monoisotopic (exact) mass is 247 g/mol. The Labute approximate surface area is 101 Å². The van der Waals surface area contributed by atoms with Crippen molar-refractivity contribution < 1.29 is 9.18 Å². The van der Waals surface area contributed by atoms with Gasteiger partial charge in [0.05, 0.1) is 11.3 Å². The molecule has 0 aliphatic rings. The van der Waals surface area contributed by atoms with Gasteiger partial charge in [0, 0.05) is 18.0 Å². The first-order valence-electron chi connectivity index (χ1n) is 5.11. The minimum absolute atomic E-state index is 0.00815. The fourth-order valence-corrected chi connectivity index (χ4v) is 1.38. The fraction of sp³-hybridized carbons (Fsp3) is 0. The lowest BCUT2D eigenvalue weighted by Crippen LogP contribution is -2.15. The first-order valence-corrected chi connectivity index (χ1v) is 5.11. The highest BCUT2D eigenvalue weighted by Gasteiger charge is 2.09. The van der Waals surface area contributed by atoms with Gasteiger partial charge in [-0.1, -0.05) is 0 Å². The van der Waals surface area contributed by atoms with E-state index in [2.05, 4.69) is 10.3 Å². The average Bonchev–Trinajstić information content (AvgIpc) is 2.34. The van der Waals surface area contributed by atoms with Gasteiger partial charge in [0.2, 0.25) is 5.56 Å². The number of rotatable bonds is 2. The van der Waals surface area contributed by atoms with Crippen LogP contribution in [0.5, 0.6) is 0 Å². The average molecular weight is 247 g/mol. The molecule has 0 aliphatic carbocycles. The Morgan fingerprint density at radius 3 is 2.72 bits per heavy atom. The van der Waals surface area contributed by atoms with Gasteiger partial charge < -0.3 is 16.0 Å². The van der Waals surface area contributed by atoms with Gasteiger partial charge in [0.1, 0.15) is 5.82 Å². The maximum absolute atomic E-state index is 13.4. The van der Waals surface area contributed by atoms with E-state index in [1.54, 1.807) is 0 Å². The predicted molar refractivity (Wildman–Crippen MR) is 65.8 cm³/mol. The van der Waals surface area contributed by atoms with Crippen molar-refractivity contribution in [3.63, 3.8) is 0 Å². The molecule has 1 heterocycles. The zero-order valence-electron chi connectivity index (χ0n) is 9.24. The summed E-state index contributed by atoms with van der Waals surface area (Å²) in [5.41, 5.74) is 5.73. The third-order valence-corrected chi connectivity index (χ3v) is 2.29. The minimum atomic E-state index is -0.582. The van der Waals surface area contributed by atoms with E-state index in [0.717, 1.165) is 6.07 Å². The Balaban J connectivity index is 2.23. The Hall–Kier alpha value is -2.63. The summed E-state index contributed by atoms with van der Waals surface area (Å²) in [7, 11) is 0. The molecule has 1 aromatic heterocycles. The maximum atomic E-state index is 13.4. The van der Waals surface area contributed by atoms with E-state index in [9.17, 15) is 14.0 Å². The summed E-state index contributed by atoms with van der Waals surface area (Å²) >= 11 is 0. The molecular formula is C12H10FN3O2. The van der Waals surface area contributed by atoms with Crippen LogP contribution in [0.1, 0.15) is 10.4 Å². The van der Waals surface area contributed by atoms with Crippen molar-refractivity contribution in [2.24, 2.45) is 0 Å². The molecule has 0 saturated carbocycles. The number of pyridine rings is 1. The summed E-state index contributed by atoms with van der Waals surface area (Å²) < 4.78 is 13.4. The van der Waals surface area contributed by atoms with E-state index >= 15 is 0 Å². The molecule has 18 heavy (non-hydrogen) atoms. The summed E-state index contributed by atoms with van der Waals surface area (Å²) in [5.74, 6) is -1.11. The standard InChI is InChI=1S/C12H10FN3O2/c13-9-3-2-8(14)5-10(9)16-12(18)7-1-4-11(17)15-6-7/h1-6H,14H2,(H,15,17)(H,16,18). The molecule has 2 aromatic rings. The fourth-order valence-electron chi connectivity index (χ4n) is 1.38. The van der Waals surface area contributed by atoms with E-state index in [0.29, 0.717) is 5.69 Å². The Bertz CT molecular complexity index is 632. The van der Waals surface area contributed by atoms with Crippen LogP contribution in [0.25, 0.3) is 0 Å². The topological polar surface area (TPSA) is 88.0 Å². The summed E-state index contributed by atoms with van der Waals surface area (Å²) in [6, 6.07) is 6.44. The Morgan fingerprint density at radius 2 is 2.06 bits per heavy atom. The second kappa shape index (κ2) is 4.70. The van der Waals surface area contributed by atoms with Crippen LogP contribution >= 0.6 is 0 Å². The lowest BCUT2D eigenvalue weighted by molar-refractivity contribution is 0.102. The predicted octanol–water partition coefficient (Wildman–Crippen LogP) is 1.35. The van der Waals surface area contributed by atoms with Crippen LogP contribution in [0.15, 0.2) is 41.3 Å². The zero-order valence-corrected chi connectivity index (χ0v) is 9.24. The molecule has 0 aliphatic heterocycles. The number of nitrogens with one attached hydrogen (secondary N) is 2. The summed E-state index contributed by atoms with van der Waals surface area (Å²) in [6.07, 6.45) is 1.25. The van der Waals surface area contributed by atoms with Crippen molar-refractivity contribution in [2.45, 2.75) is 0 Å². The number of amides is 1. The van der Waals surface area contributed by atoms with Gasteiger partial charge >= 0.3 is 0 Å². The molecular weight excluding hydrogens is 237 g/mol. The number of aromatic nitrogens is 1. The normalized spacial score (nSPS) is 10.1. The van der Waals surface area contributed by atoms with E-state index in [-0.39, 0.29) is 16.8 Å². The highest BCUT2D eigenvalue weighted by atomic mass is 19.1. The molecule has 0 radical (unpaired) electrons. The highest BCUT2D eigenvalue weighted by molar-refractivity contribution is 6.04. The molecule has 0 saturated heterocycles. The number of anilines is 2. The van der Waals surface area contributed by atoms with Gasteiger partial charge in [-0.25, -0.2) is 4.39 Å². The molecule has 6 heteroatoms. The van der Waals surface area contributed by atoms with Gasteiger partial charge in [0.15, 0.2) is 0 Å². The van der Waals surface area contributed by atoms with Gasteiger partial charge in [-0.05, 0) is 24.3 Å². The SMILES string of the molecule is Nc1ccc(F)c(NC(=O)c2ccc(=O)[nH]c2)c1. The summed E-state index contributed by atoms with van der Waals surface area (Å²) in [6.45, 7) is 0. The number of nitrogen functional groups attached to an aromatic ring is 1. The van der Waals surface area contributed by atoms with Crippen LogP contribution in [0.3, 0.4) is 0 Å². The van der Waals surface area contributed by atoms with Crippen molar-refractivity contribution in [2.75, 3.05) is 11.1 Å². The van der Waals surface area contributed by atoms with Gasteiger partial charge in [-0.3, -0.25) is 9.59 Å². The van der Waals surface area contributed by atoms with E-state index in [4.69, 9.17) is 5.73 Å². The molecule has 0 fully saturated rings. The van der Waals surface area contributed by atoms with Crippen molar-refractivity contribution in [3.8, 4) is 0 Å². The third-order valence-electron chi connectivity index (χ3n) is 2.29. The molecule has 5 nitrogen and oxygen atoms in total. The number of aromatic amines is 1. The molecule has 4 N–H and O–H groups in total. The maximum Gasteiger partial charge on any atom is 0.257 e. The van der Waals surface area contributed by atoms with Crippen LogP contribution in [0.2, 0.25) is 0 Å². The first kappa shape index (κ1) is 11.8. The molecule has 0 atom stereocenters. The number of carbonyl (C=O) groups excluding carboxylic acids is 1. The van der Waals surface area contributed by atoms with E-state index in [1.807, 2.05) is 0 Å². The Morgan fingerprint density at radius 1 is 1.28 bits per heavy atom. The minimum Gasteiger partial charge on any atom is -0.399 e. The number of hydrogen-bond acceptors (Lipinski definition) is 3. The highest BCUT2D eigenvalue weighted by Crippen LogP contribution is 2.18. The number of carbonyl (C=O) groups is 1. The smallest absolute Gasteiger partial charge is 0.257 e. The summed E-state index contributed by atoms with van der Waals surface area (Å²) in [4.78, 5) is 24.9. The molecule has 1 amide bonds. The second-order valence-electron chi connectivity index (χ2n) is 3.64. The summed E-state index contributed by atoms with van der Waals surface area (Å²) in [5, 5.41) is 2.37. The van der Waals surface area contributed by atoms with Crippen LogP contribution in [0.4, 0.5) is 15.8 Å². The molecule has 0 spiro atoms. The molecule has 1 aromatic carbocycles. The molecule has 0 unspecified atom stereocenters. The molecule has 0 bridgehead atoms. The van der Waals surface area contributed by atoms with Crippen molar-refractivity contribution >= 4 is 17.3 Å². The molecule has 2 rings (SSSR count). The largest absolute Gasteiger partial charge is 0.399 e. The quantitative estimate of drug-likeness (QED) is 0.700. The van der Waals surface area contributed by atoms with E-state index in [1.165, 1.54) is 30.5 Å². The number of H-pyrrole nitrogens is 1. The lowest BCUT2D eigenvalue weighted by Gasteiger charge is -2.06. The second-order valence-corrected chi connectivity index (χ2v) is 3.64. The zero-order chi connectivity index (χ0) is 13.1. The number of halogens is 1. The molecule has 92 valence electrons. The van der Waals surface area contributed by atoms with Gasteiger partial charge in [0.25, 0.3) is 5.91 Å². The number of benzene rings is 1. The van der Waals surface area contributed by atoms with Crippen LogP contribution in [0, 0.1) is 5.82 Å². The van der Waals surface area contributed by atoms with Crippen molar-refractivity contribution in [3.05, 3.63) is 58.3 Å². The Kier molecular flexibility index (Phi) is 3.09. The van der Waals surface area contributed by atoms with Crippen molar-refractivity contribution in [1.82, 2.24) is 4.98 Å². The lowest BCUT2D eigenvalue weighted by atomic mass is 10.2. The van der Waals surface area contributed by atoms with Gasteiger partial charge in [-0.15, -0.1) is 0 Å². The van der Waals surface area contributed by atoms with Crippen molar-refractivity contribution in [1.29, 1.82) is 0 Å². The van der Waals surface area contributed by atoms with Crippen LogP contribution in [-0.2, 0) is 0 Å². The van der Waals surface area contributed by atoms with Crippen LogP contribution in [-0.4, -0.2) is 10.9 Å².